The molecule has 11 heteroatoms. The fourth-order valence-electron chi connectivity index (χ4n) is 3.39. The van der Waals surface area contributed by atoms with Crippen LogP contribution in [0.5, 0.6) is 5.75 Å². The monoisotopic (exact) mass is 514 g/mol. The Labute approximate surface area is 211 Å². The highest BCUT2D eigenvalue weighted by Gasteiger charge is 2.21. The molecule has 0 amide bonds. The minimum atomic E-state index is -1.69. The molecule has 1 atom stereocenters. The largest absolute Gasteiger partial charge is 0.485 e. The molecule has 0 unspecified atom stereocenters. The van der Waals surface area contributed by atoms with Gasteiger partial charge >= 0.3 is 0 Å². The van der Waals surface area contributed by atoms with Crippen molar-refractivity contribution in [3.8, 4) is 22.8 Å². The van der Waals surface area contributed by atoms with Gasteiger partial charge in [0.25, 0.3) is 5.56 Å². The van der Waals surface area contributed by atoms with Gasteiger partial charge in [-0.2, -0.15) is 0 Å². The van der Waals surface area contributed by atoms with Crippen LogP contribution in [0.15, 0.2) is 47.7 Å². The summed E-state index contributed by atoms with van der Waals surface area (Å²) in [6.07, 6.45) is 3.84. The van der Waals surface area contributed by atoms with Crippen LogP contribution in [0.1, 0.15) is 38.0 Å². The maximum absolute atomic E-state index is 14.0. The highest BCUT2D eigenvalue weighted by Crippen LogP contribution is 2.27. The predicted octanol–water partition coefficient (Wildman–Crippen LogP) is 4.44. The Morgan fingerprint density at radius 1 is 1.14 bits per heavy atom. The van der Waals surface area contributed by atoms with Crippen LogP contribution in [0, 0.1) is 25.5 Å². The Hall–Kier alpha value is -3.76. The van der Waals surface area contributed by atoms with Crippen LogP contribution >= 0.6 is 11.6 Å². The Kier molecular flexibility index (Phi) is 6.46. The van der Waals surface area contributed by atoms with E-state index >= 15 is 0 Å². The van der Waals surface area contributed by atoms with Gasteiger partial charge in [0, 0.05) is 30.2 Å². The Balaban J connectivity index is 1.75. The van der Waals surface area contributed by atoms with E-state index in [1.807, 2.05) is 0 Å². The van der Waals surface area contributed by atoms with Crippen LogP contribution in [0.3, 0.4) is 0 Å². The van der Waals surface area contributed by atoms with Crippen LogP contribution in [0.4, 0.5) is 8.78 Å². The first-order valence-electron chi connectivity index (χ1n) is 11.3. The number of aryl methyl sites for hydroxylation is 2. The zero-order chi connectivity index (χ0) is 27.1. The molecule has 0 spiro atoms. The number of hydrogen-bond acceptors (Lipinski definition) is 7. The van der Waals surface area contributed by atoms with Gasteiger partial charge in [-0.25, -0.2) is 18.7 Å². The summed E-state index contributed by atoms with van der Waals surface area (Å²) in [5, 5.41) is 9.92. The van der Waals surface area contributed by atoms with Crippen molar-refractivity contribution < 1.29 is 20.0 Å². The summed E-state index contributed by atoms with van der Waals surface area (Å²) >= 11 is 6.32. The number of nitrogens with zero attached hydrogens (tertiary/aromatic N) is 5. The van der Waals surface area contributed by atoms with E-state index in [1.54, 1.807) is 46.0 Å². The molecule has 0 radical (unpaired) electrons. The predicted molar refractivity (Wildman–Crippen MR) is 129 cm³/mol. The first-order chi connectivity index (χ1) is 17.4. The third-order valence-corrected chi connectivity index (χ3v) is 5.56. The zero-order valence-electron chi connectivity index (χ0n) is 20.8. The van der Waals surface area contributed by atoms with Gasteiger partial charge < -0.3 is 9.84 Å². The van der Waals surface area contributed by atoms with Gasteiger partial charge in [0.2, 0.25) is 0 Å². The van der Waals surface area contributed by atoms with Crippen molar-refractivity contribution in [1.82, 2.24) is 24.5 Å². The average molecular weight is 515 g/mol. The van der Waals surface area contributed by atoms with E-state index in [0.717, 1.165) is 6.20 Å². The number of rotatable bonds is 6. The SMILES string of the molecule is [2H][C@@H](Oc1cc(C)n(-c2cc(-c3ccnc(C(C)(C)O)n3)ncc2C)c(=O)c1Cl)c1ncc(F)cc1F. The van der Waals surface area contributed by atoms with E-state index in [9.17, 15) is 18.7 Å². The number of halogens is 3. The van der Waals surface area contributed by atoms with Crippen molar-refractivity contribution in [2.75, 3.05) is 0 Å². The zero-order valence-corrected chi connectivity index (χ0v) is 20.5. The lowest BCUT2D eigenvalue weighted by molar-refractivity contribution is 0.0688. The van der Waals surface area contributed by atoms with E-state index in [4.69, 9.17) is 17.7 Å². The van der Waals surface area contributed by atoms with Crippen molar-refractivity contribution >= 4 is 11.6 Å². The molecular formula is C25H22ClF2N5O3. The average Bonchev–Trinajstić information content (AvgIpc) is 2.83. The lowest BCUT2D eigenvalue weighted by Crippen LogP contribution is -2.23. The number of hydrogen-bond donors (Lipinski definition) is 1. The Morgan fingerprint density at radius 2 is 1.89 bits per heavy atom. The van der Waals surface area contributed by atoms with Crippen molar-refractivity contribution in [1.29, 1.82) is 0 Å². The minimum absolute atomic E-state index is 0.150. The molecule has 0 aliphatic heterocycles. The smallest absolute Gasteiger partial charge is 0.277 e. The van der Waals surface area contributed by atoms with Gasteiger partial charge in [0.05, 0.1) is 24.6 Å². The molecule has 4 rings (SSSR count). The number of pyridine rings is 3. The normalized spacial score (nSPS) is 12.8. The molecule has 0 saturated heterocycles. The molecule has 0 saturated carbocycles. The summed E-state index contributed by atoms with van der Waals surface area (Å²) in [6.45, 7) is 4.84. The summed E-state index contributed by atoms with van der Waals surface area (Å²) in [6, 6.07) is 5.31. The van der Waals surface area contributed by atoms with Crippen molar-refractivity contribution in [2.45, 2.75) is 39.9 Å². The second kappa shape index (κ2) is 9.71. The first-order valence-corrected chi connectivity index (χ1v) is 11.1. The minimum Gasteiger partial charge on any atom is -0.485 e. The Bertz CT molecular complexity index is 1560. The van der Waals surface area contributed by atoms with Crippen LogP contribution in [-0.2, 0) is 12.2 Å². The maximum atomic E-state index is 14.0. The highest BCUT2D eigenvalue weighted by atomic mass is 35.5. The van der Waals surface area contributed by atoms with Crippen molar-refractivity contribution in [3.63, 3.8) is 0 Å². The van der Waals surface area contributed by atoms with Gasteiger partial charge in [0.15, 0.2) is 11.6 Å². The first kappa shape index (κ1) is 24.0. The molecule has 4 aromatic rings. The standard InChI is InChI=1S/C25H22ClF2N5O3/c1-13-10-30-18(17-5-6-29-24(32-17)25(3,4)35)9-20(13)33-14(2)7-21(22(26)23(33)34)36-12-19-16(28)8-15(27)11-31-19/h5-11,35H,12H2,1-4H3/i12D/t12-/m1/s1. The van der Waals surface area contributed by atoms with Gasteiger partial charge in [0.1, 0.15) is 34.5 Å². The van der Waals surface area contributed by atoms with Gasteiger partial charge in [-0.3, -0.25) is 19.3 Å². The van der Waals surface area contributed by atoms with Gasteiger partial charge in [-0.1, -0.05) is 11.6 Å². The number of aliphatic hydroxyl groups is 1. The van der Waals surface area contributed by atoms with E-state index in [1.165, 1.54) is 16.8 Å². The summed E-state index contributed by atoms with van der Waals surface area (Å²) in [4.78, 5) is 29.8. The molecule has 186 valence electrons. The molecule has 0 bridgehead atoms. The molecule has 0 aliphatic rings. The molecule has 1 N–H and O–H groups in total. The fourth-order valence-corrected chi connectivity index (χ4v) is 3.57. The van der Waals surface area contributed by atoms with E-state index in [-0.39, 0.29) is 16.6 Å². The van der Waals surface area contributed by atoms with Crippen LogP contribution in [-0.4, -0.2) is 29.6 Å². The van der Waals surface area contributed by atoms with Crippen LogP contribution < -0.4 is 10.3 Å². The van der Waals surface area contributed by atoms with Crippen LogP contribution in [0.2, 0.25) is 5.02 Å². The number of ether oxygens (including phenoxy) is 1. The third-order valence-electron chi connectivity index (χ3n) is 5.21. The van der Waals surface area contributed by atoms with Crippen molar-refractivity contribution in [3.05, 3.63) is 92.6 Å². The topological polar surface area (TPSA) is 103 Å². The third kappa shape index (κ3) is 5.09. The van der Waals surface area contributed by atoms with Crippen molar-refractivity contribution in [2.24, 2.45) is 0 Å². The molecular weight excluding hydrogens is 492 g/mol. The quantitative estimate of drug-likeness (QED) is 0.405. The molecule has 4 aromatic heterocycles. The fraction of sp³-hybridized carbons (Fsp3) is 0.240. The molecule has 8 nitrogen and oxygen atoms in total. The molecule has 4 heterocycles. The van der Waals surface area contributed by atoms with E-state index in [2.05, 4.69) is 19.9 Å². The van der Waals surface area contributed by atoms with Gasteiger partial charge in [-0.15, -0.1) is 0 Å². The van der Waals surface area contributed by atoms with E-state index in [0.29, 0.717) is 34.4 Å². The summed E-state index contributed by atoms with van der Waals surface area (Å²) in [5.41, 5.74) is 0.0494. The number of aromatic nitrogens is 5. The summed E-state index contributed by atoms with van der Waals surface area (Å²) in [7, 11) is 0. The molecule has 0 aliphatic carbocycles. The molecule has 0 aromatic carbocycles. The lowest BCUT2D eigenvalue weighted by Gasteiger charge is -2.17. The van der Waals surface area contributed by atoms with E-state index < -0.39 is 35.1 Å². The van der Waals surface area contributed by atoms with Gasteiger partial charge in [-0.05, 0) is 45.4 Å². The highest BCUT2D eigenvalue weighted by molar-refractivity contribution is 6.31. The molecule has 0 fully saturated rings. The summed E-state index contributed by atoms with van der Waals surface area (Å²) < 4.78 is 42.0. The molecule has 36 heavy (non-hydrogen) atoms. The second-order valence-corrected chi connectivity index (χ2v) is 8.92. The lowest BCUT2D eigenvalue weighted by atomic mass is 10.1. The Morgan fingerprint density at radius 3 is 2.58 bits per heavy atom. The summed E-state index contributed by atoms with van der Waals surface area (Å²) in [5.74, 6) is -1.89. The van der Waals surface area contributed by atoms with Crippen LogP contribution in [0.25, 0.3) is 17.1 Å². The maximum Gasteiger partial charge on any atom is 0.277 e. The second-order valence-electron chi connectivity index (χ2n) is 8.54.